The molecule has 3 aromatic carbocycles. The van der Waals surface area contributed by atoms with E-state index in [0.29, 0.717) is 6.61 Å². The van der Waals surface area contributed by atoms with Crippen LogP contribution in [0.25, 0.3) is 11.1 Å². The number of likely N-dealkylation sites (N-methyl/N-ethyl adjacent to an activating group) is 1. The fraction of sp³-hybridized carbons (Fsp3) is 0.310. The predicted octanol–water partition coefficient (Wildman–Crippen LogP) is 7.54. The van der Waals surface area contributed by atoms with E-state index in [-0.39, 0.29) is 0 Å². The van der Waals surface area contributed by atoms with Crippen molar-refractivity contribution in [1.82, 2.24) is 4.90 Å². The summed E-state index contributed by atoms with van der Waals surface area (Å²) in [6.45, 7) is 8.16. The number of allylic oxidation sites excluding steroid dienone is 1. The summed E-state index contributed by atoms with van der Waals surface area (Å²) in [6.07, 6.45) is 2.11. The normalized spacial score (nSPS) is 12.0. The molecule has 0 amide bonds. The highest BCUT2D eigenvalue weighted by atomic mass is 79.9. The van der Waals surface area contributed by atoms with Gasteiger partial charge in [-0.15, -0.1) is 0 Å². The first kappa shape index (κ1) is 24.3. The molecule has 3 heteroatoms. The van der Waals surface area contributed by atoms with Gasteiger partial charge in [0.2, 0.25) is 0 Å². The fourth-order valence-electron chi connectivity index (χ4n) is 3.97. The van der Waals surface area contributed by atoms with Gasteiger partial charge in [-0.25, -0.2) is 0 Å². The maximum atomic E-state index is 6.03. The molecule has 0 unspecified atom stereocenters. The number of hydrogen-bond donors (Lipinski definition) is 0. The third kappa shape index (κ3) is 6.82. The Morgan fingerprint density at radius 2 is 1.31 bits per heavy atom. The van der Waals surface area contributed by atoms with Crippen molar-refractivity contribution in [2.45, 2.75) is 26.7 Å². The summed E-state index contributed by atoms with van der Waals surface area (Å²) in [7, 11) is 0. The van der Waals surface area contributed by atoms with Gasteiger partial charge in [0.05, 0.1) is 0 Å². The molecule has 32 heavy (non-hydrogen) atoms. The summed E-state index contributed by atoms with van der Waals surface area (Å²) in [5.41, 5.74) is 6.43. The minimum absolute atomic E-state index is 0.711. The summed E-state index contributed by atoms with van der Waals surface area (Å²) >= 11 is 3.62. The Bertz CT molecular complexity index is 947. The Hall–Kier alpha value is -2.36. The first-order chi connectivity index (χ1) is 15.8. The third-order valence-electron chi connectivity index (χ3n) is 5.76. The second kappa shape index (κ2) is 13.2. The molecule has 0 aliphatic rings. The summed E-state index contributed by atoms with van der Waals surface area (Å²) in [5, 5.41) is 0.991. The van der Waals surface area contributed by atoms with Gasteiger partial charge < -0.3 is 9.64 Å². The van der Waals surface area contributed by atoms with Crippen LogP contribution in [0.1, 0.15) is 43.4 Å². The van der Waals surface area contributed by atoms with Gasteiger partial charge in [-0.3, -0.25) is 0 Å². The minimum Gasteiger partial charge on any atom is -0.492 e. The van der Waals surface area contributed by atoms with Gasteiger partial charge in [0.25, 0.3) is 0 Å². The van der Waals surface area contributed by atoms with Gasteiger partial charge >= 0.3 is 0 Å². The van der Waals surface area contributed by atoms with Crippen molar-refractivity contribution in [2.75, 3.05) is 31.6 Å². The maximum Gasteiger partial charge on any atom is 0.119 e. The molecular formula is C29H34BrNO. The molecule has 0 fully saturated rings. The number of nitrogens with zero attached hydrogens (tertiary/aromatic N) is 1. The van der Waals surface area contributed by atoms with Crippen LogP contribution < -0.4 is 4.74 Å². The zero-order chi connectivity index (χ0) is 22.6. The number of benzene rings is 3. The van der Waals surface area contributed by atoms with Gasteiger partial charge in [0.15, 0.2) is 0 Å². The Morgan fingerprint density at radius 3 is 1.88 bits per heavy atom. The van der Waals surface area contributed by atoms with Crippen LogP contribution >= 0.6 is 15.9 Å². The Balaban J connectivity index is 1.95. The largest absolute Gasteiger partial charge is 0.492 e. The predicted molar refractivity (Wildman–Crippen MR) is 142 cm³/mol. The topological polar surface area (TPSA) is 12.5 Å². The van der Waals surface area contributed by atoms with Crippen molar-refractivity contribution in [1.29, 1.82) is 0 Å². The number of ether oxygens (including phenoxy) is 1. The van der Waals surface area contributed by atoms with Crippen LogP contribution in [0.3, 0.4) is 0 Å². The molecule has 0 aromatic heterocycles. The highest BCUT2D eigenvalue weighted by molar-refractivity contribution is 9.09. The molecule has 0 aliphatic carbocycles. The van der Waals surface area contributed by atoms with E-state index < -0.39 is 0 Å². The lowest BCUT2D eigenvalue weighted by Crippen LogP contribution is -2.27. The summed E-state index contributed by atoms with van der Waals surface area (Å²) in [4.78, 5) is 2.38. The monoisotopic (exact) mass is 491 g/mol. The lowest BCUT2D eigenvalue weighted by Gasteiger charge is -2.19. The van der Waals surface area contributed by atoms with E-state index in [0.717, 1.165) is 43.6 Å². The number of rotatable bonds is 12. The molecule has 0 saturated carbocycles. The van der Waals surface area contributed by atoms with Gasteiger partial charge in [-0.1, -0.05) is 103 Å². The van der Waals surface area contributed by atoms with E-state index in [4.69, 9.17) is 4.74 Å². The molecule has 0 saturated heterocycles. The summed E-state index contributed by atoms with van der Waals surface area (Å²) < 4.78 is 6.03. The molecule has 0 spiro atoms. The molecule has 2 nitrogen and oxygen atoms in total. The van der Waals surface area contributed by atoms with Crippen LogP contribution in [-0.2, 0) is 0 Å². The minimum atomic E-state index is 0.711. The molecule has 0 radical (unpaired) electrons. The van der Waals surface area contributed by atoms with Gasteiger partial charge in [-0.2, -0.15) is 0 Å². The number of hydrogen-bond acceptors (Lipinski definition) is 2. The summed E-state index contributed by atoms with van der Waals surface area (Å²) in [6, 6.07) is 30.1. The first-order valence-corrected chi connectivity index (χ1v) is 12.7. The SMILES string of the molecule is CCN(CC)CCOc1ccc(/C(=C(/CCCBr)c2ccccc2)c2ccccc2)cc1. The summed E-state index contributed by atoms with van der Waals surface area (Å²) in [5.74, 6) is 0.926. The van der Waals surface area contributed by atoms with E-state index >= 15 is 0 Å². The molecule has 0 bridgehead atoms. The Labute approximate surface area is 202 Å². The molecule has 168 valence electrons. The van der Waals surface area contributed by atoms with Gasteiger partial charge in [0.1, 0.15) is 12.4 Å². The van der Waals surface area contributed by atoms with Crippen LogP contribution in [0.5, 0.6) is 5.75 Å². The van der Waals surface area contributed by atoms with Crippen LogP contribution in [0.4, 0.5) is 0 Å². The van der Waals surface area contributed by atoms with Crippen molar-refractivity contribution in [3.8, 4) is 5.75 Å². The number of halogens is 1. The van der Waals surface area contributed by atoms with E-state index in [1.165, 1.54) is 27.8 Å². The Morgan fingerprint density at radius 1 is 0.750 bits per heavy atom. The zero-order valence-corrected chi connectivity index (χ0v) is 20.9. The van der Waals surface area contributed by atoms with E-state index in [2.05, 4.69) is 120 Å². The van der Waals surface area contributed by atoms with Crippen molar-refractivity contribution in [2.24, 2.45) is 0 Å². The zero-order valence-electron chi connectivity index (χ0n) is 19.3. The molecule has 0 N–H and O–H groups in total. The second-order valence-corrected chi connectivity index (χ2v) is 8.57. The quantitative estimate of drug-likeness (QED) is 0.191. The molecule has 0 atom stereocenters. The first-order valence-electron chi connectivity index (χ1n) is 11.6. The average molecular weight is 493 g/mol. The van der Waals surface area contributed by atoms with Crippen molar-refractivity contribution in [3.63, 3.8) is 0 Å². The highest BCUT2D eigenvalue weighted by Gasteiger charge is 2.14. The molecule has 0 aliphatic heterocycles. The Kier molecular flexibility index (Phi) is 10.1. The third-order valence-corrected chi connectivity index (χ3v) is 6.32. The molecular weight excluding hydrogens is 458 g/mol. The van der Waals surface area contributed by atoms with Crippen LogP contribution in [0.15, 0.2) is 84.9 Å². The molecule has 3 rings (SSSR count). The second-order valence-electron chi connectivity index (χ2n) is 7.78. The number of alkyl halides is 1. The smallest absolute Gasteiger partial charge is 0.119 e. The van der Waals surface area contributed by atoms with Crippen LogP contribution in [0, 0.1) is 0 Å². The van der Waals surface area contributed by atoms with Crippen molar-refractivity contribution in [3.05, 3.63) is 102 Å². The maximum absolute atomic E-state index is 6.03. The van der Waals surface area contributed by atoms with Crippen LogP contribution in [0.2, 0.25) is 0 Å². The van der Waals surface area contributed by atoms with Crippen molar-refractivity contribution >= 4 is 27.1 Å². The van der Waals surface area contributed by atoms with Crippen LogP contribution in [-0.4, -0.2) is 36.5 Å². The standard InChI is InChI=1S/C29H34BrNO/c1-3-31(4-2)22-23-32-27-19-17-26(18-20-27)29(25-14-9-6-10-15-25)28(16-11-21-30)24-12-7-5-8-13-24/h5-10,12-15,17-20H,3-4,11,16,21-23H2,1-2H3/b29-28-. The van der Waals surface area contributed by atoms with E-state index in [9.17, 15) is 0 Å². The lowest BCUT2D eigenvalue weighted by atomic mass is 9.87. The fourth-order valence-corrected chi connectivity index (χ4v) is 4.25. The lowest BCUT2D eigenvalue weighted by molar-refractivity contribution is 0.223. The van der Waals surface area contributed by atoms with Gasteiger partial charge in [0, 0.05) is 11.9 Å². The highest BCUT2D eigenvalue weighted by Crippen LogP contribution is 2.35. The average Bonchev–Trinajstić information content (AvgIpc) is 2.86. The molecule has 0 heterocycles. The molecule has 3 aromatic rings. The van der Waals surface area contributed by atoms with E-state index in [1.807, 2.05) is 0 Å². The van der Waals surface area contributed by atoms with E-state index in [1.54, 1.807) is 0 Å². The van der Waals surface area contributed by atoms with Crippen molar-refractivity contribution < 1.29 is 4.74 Å². The van der Waals surface area contributed by atoms with Gasteiger partial charge in [-0.05, 0) is 65.9 Å².